The standard InChI is InChI=1S/C24H29N3O6S/c1-5-16(2)25-23(29)17(3)26(14-18-10-12-19(33-4)13-11-18)22(28)15-27-24(30)20-8-6-7-9-21(20)34(27,31)32/h6-13,16-17H,5,14-15H2,1-4H3,(H,25,29)/t16-,17-/m0/s1. The van der Waals surface area contributed by atoms with Crippen LogP contribution in [0.4, 0.5) is 0 Å². The minimum atomic E-state index is -4.16. The first kappa shape index (κ1) is 25.2. The Hall–Kier alpha value is -3.40. The first-order valence-corrected chi connectivity index (χ1v) is 12.4. The van der Waals surface area contributed by atoms with Gasteiger partial charge in [-0.05, 0) is 50.1 Å². The van der Waals surface area contributed by atoms with Crippen molar-refractivity contribution in [3.8, 4) is 5.75 Å². The Bertz CT molecular complexity index is 1180. The zero-order valence-electron chi connectivity index (χ0n) is 19.6. The molecule has 2 aromatic carbocycles. The number of nitrogens with zero attached hydrogens (tertiary/aromatic N) is 2. The molecule has 1 aliphatic rings. The van der Waals surface area contributed by atoms with Gasteiger partial charge in [0.1, 0.15) is 23.2 Å². The zero-order valence-corrected chi connectivity index (χ0v) is 20.5. The molecule has 9 nitrogen and oxygen atoms in total. The number of benzene rings is 2. The summed E-state index contributed by atoms with van der Waals surface area (Å²) >= 11 is 0. The van der Waals surface area contributed by atoms with Crippen LogP contribution in [0, 0.1) is 0 Å². The predicted molar refractivity (Wildman–Crippen MR) is 126 cm³/mol. The minimum Gasteiger partial charge on any atom is -0.497 e. The van der Waals surface area contributed by atoms with Gasteiger partial charge in [0.2, 0.25) is 11.8 Å². The molecule has 3 amide bonds. The number of rotatable bonds is 9. The van der Waals surface area contributed by atoms with Gasteiger partial charge in [0, 0.05) is 12.6 Å². The lowest BCUT2D eigenvalue weighted by Gasteiger charge is -2.30. The van der Waals surface area contributed by atoms with Gasteiger partial charge in [-0.3, -0.25) is 14.4 Å². The third-order valence-corrected chi connectivity index (χ3v) is 7.66. The average Bonchev–Trinajstić information content (AvgIpc) is 3.02. The van der Waals surface area contributed by atoms with Crippen molar-refractivity contribution in [3.05, 3.63) is 59.7 Å². The molecule has 3 rings (SSSR count). The zero-order chi connectivity index (χ0) is 25.0. The Labute approximate surface area is 199 Å². The van der Waals surface area contributed by atoms with Gasteiger partial charge in [-0.15, -0.1) is 0 Å². The first-order chi connectivity index (χ1) is 16.1. The molecule has 0 bridgehead atoms. The summed E-state index contributed by atoms with van der Waals surface area (Å²) in [6.07, 6.45) is 0.712. The number of amides is 3. The topological polar surface area (TPSA) is 113 Å². The summed E-state index contributed by atoms with van der Waals surface area (Å²) in [5, 5.41) is 2.85. The van der Waals surface area contributed by atoms with Gasteiger partial charge < -0.3 is 15.0 Å². The number of ether oxygens (including phenoxy) is 1. The summed E-state index contributed by atoms with van der Waals surface area (Å²) in [6, 6.07) is 11.8. The number of sulfonamides is 1. The molecule has 34 heavy (non-hydrogen) atoms. The monoisotopic (exact) mass is 487 g/mol. The lowest BCUT2D eigenvalue weighted by Crippen LogP contribution is -2.52. The molecule has 1 heterocycles. The number of carbonyl (C=O) groups excluding carboxylic acids is 3. The number of methoxy groups -OCH3 is 1. The van der Waals surface area contributed by atoms with Crippen molar-refractivity contribution in [2.45, 2.75) is 50.7 Å². The van der Waals surface area contributed by atoms with Gasteiger partial charge in [-0.1, -0.05) is 31.2 Å². The van der Waals surface area contributed by atoms with Crippen molar-refractivity contribution in [1.29, 1.82) is 0 Å². The van der Waals surface area contributed by atoms with Crippen molar-refractivity contribution < 1.29 is 27.5 Å². The lowest BCUT2D eigenvalue weighted by atomic mass is 10.1. The number of hydrogen-bond donors (Lipinski definition) is 1. The van der Waals surface area contributed by atoms with E-state index >= 15 is 0 Å². The van der Waals surface area contributed by atoms with Gasteiger partial charge in [0.25, 0.3) is 15.9 Å². The third-order valence-electron chi connectivity index (χ3n) is 5.87. The van der Waals surface area contributed by atoms with Crippen LogP contribution in [0.2, 0.25) is 0 Å². The molecule has 2 aromatic rings. The summed E-state index contributed by atoms with van der Waals surface area (Å²) in [5.74, 6) is -1.15. The molecule has 0 aliphatic carbocycles. The Morgan fingerprint density at radius 3 is 2.32 bits per heavy atom. The van der Waals surface area contributed by atoms with Crippen molar-refractivity contribution in [2.75, 3.05) is 13.7 Å². The molecule has 2 atom stereocenters. The number of hydrogen-bond acceptors (Lipinski definition) is 6. The molecule has 1 N–H and O–H groups in total. The molecule has 10 heteroatoms. The van der Waals surface area contributed by atoms with Crippen LogP contribution in [-0.2, 0) is 26.2 Å². The second-order valence-corrected chi connectivity index (χ2v) is 10.0. The molecule has 182 valence electrons. The van der Waals surface area contributed by atoms with E-state index in [-0.39, 0.29) is 29.0 Å². The van der Waals surface area contributed by atoms with Crippen LogP contribution in [0.1, 0.15) is 43.1 Å². The maximum atomic E-state index is 13.4. The lowest BCUT2D eigenvalue weighted by molar-refractivity contribution is -0.140. The molecule has 0 unspecified atom stereocenters. The molecule has 0 saturated carbocycles. The summed E-state index contributed by atoms with van der Waals surface area (Å²) in [4.78, 5) is 40.1. The van der Waals surface area contributed by atoms with Crippen LogP contribution in [0.25, 0.3) is 0 Å². The highest BCUT2D eigenvalue weighted by Gasteiger charge is 2.43. The molecule has 0 saturated heterocycles. The Morgan fingerprint density at radius 2 is 1.74 bits per heavy atom. The van der Waals surface area contributed by atoms with E-state index in [9.17, 15) is 22.8 Å². The molecular weight excluding hydrogens is 458 g/mol. The van der Waals surface area contributed by atoms with Gasteiger partial charge in [0.05, 0.1) is 12.7 Å². The fourth-order valence-corrected chi connectivity index (χ4v) is 5.10. The number of nitrogens with one attached hydrogen (secondary N) is 1. The highest BCUT2D eigenvalue weighted by Crippen LogP contribution is 2.30. The molecule has 0 aromatic heterocycles. The Kier molecular flexibility index (Phi) is 7.61. The molecular formula is C24H29N3O6S. The molecule has 0 radical (unpaired) electrons. The van der Waals surface area contributed by atoms with Crippen molar-refractivity contribution in [3.63, 3.8) is 0 Å². The van der Waals surface area contributed by atoms with Gasteiger partial charge >= 0.3 is 0 Å². The van der Waals surface area contributed by atoms with Crippen molar-refractivity contribution in [1.82, 2.24) is 14.5 Å². The molecule has 1 aliphatic heterocycles. The van der Waals surface area contributed by atoms with E-state index in [0.717, 1.165) is 5.56 Å². The van der Waals surface area contributed by atoms with Crippen LogP contribution in [0.3, 0.4) is 0 Å². The van der Waals surface area contributed by atoms with Crippen LogP contribution in [-0.4, -0.2) is 61.1 Å². The van der Waals surface area contributed by atoms with Gasteiger partial charge in [-0.2, -0.15) is 0 Å². The van der Waals surface area contributed by atoms with E-state index in [1.54, 1.807) is 37.3 Å². The van der Waals surface area contributed by atoms with E-state index < -0.39 is 34.4 Å². The van der Waals surface area contributed by atoms with Crippen LogP contribution < -0.4 is 10.1 Å². The minimum absolute atomic E-state index is 0.0274. The SMILES string of the molecule is CC[C@H](C)NC(=O)[C@H](C)N(Cc1ccc(OC)cc1)C(=O)CN1C(=O)c2ccccc2S1(=O)=O. The summed E-state index contributed by atoms with van der Waals surface area (Å²) in [7, 11) is -2.62. The van der Waals surface area contributed by atoms with E-state index in [2.05, 4.69) is 5.32 Å². The van der Waals surface area contributed by atoms with Crippen LogP contribution >= 0.6 is 0 Å². The third kappa shape index (κ3) is 5.06. The van der Waals surface area contributed by atoms with E-state index in [0.29, 0.717) is 16.5 Å². The summed E-state index contributed by atoms with van der Waals surface area (Å²) < 4.78 is 31.6. The average molecular weight is 488 g/mol. The van der Waals surface area contributed by atoms with Crippen LogP contribution in [0.15, 0.2) is 53.4 Å². The number of carbonyl (C=O) groups is 3. The van der Waals surface area contributed by atoms with E-state index in [1.807, 2.05) is 13.8 Å². The summed E-state index contributed by atoms with van der Waals surface area (Å²) in [5.41, 5.74) is 0.746. The maximum Gasteiger partial charge on any atom is 0.269 e. The second-order valence-electron chi connectivity index (χ2n) is 8.18. The molecule has 0 fully saturated rings. The van der Waals surface area contributed by atoms with Crippen molar-refractivity contribution in [2.24, 2.45) is 0 Å². The molecule has 0 spiro atoms. The Balaban J connectivity index is 1.88. The predicted octanol–water partition coefficient (Wildman–Crippen LogP) is 2.17. The second kappa shape index (κ2) is 10.3. The van der Waals surface area contributed by atoms with E-state index in [1.165, 1.54) is 30.2 Å². The smallest absolute Gasteiger partial charge is 0.269 e. The largest absolute Gasteiger partial charge is 0.497 e. The Morgan fingerprint density at radius 1 is 1.09 bits per heavy atom. The van der Waals surface area contributed by atoms with Gasteiger partial charge in [-0.25, -0.2) is 12.7 Å². The quantitative estimate of drug-likeness (QED) is 0.580. The number of fused-ring (bicyclic) bond motifs is 1. The van der Waals surface area contributed by atoms with Crippen LogP contribution in [0.5, 0.6) is 5.75 Å². The van der Waals surface area contributed by atoms with Gasteiger partial charge in [0.15, 0.2) is 0 Å². The van der Waals surface area contributed by atoms with E-state index in [4.69, 9.17) is 4.74 Å². The normalized spacial score (nSPS) is 15.9. The fraction of sp³-hybridized carbons (Fsp3) is 0.375. The summed E-state index contributed by atoms with van der Waals surface area (Å²) in [6.45, 7) is 4.71. The maximum absolute atomic E-state index is 13.4. The first-order valence-electron chi connectivity index (χ1n) is 11.0. The highest BCUT2D eigenvalue weighted by atomic mass is 32.2. The van der Waals surface area contributed by atoms with Crippen molar-refractivity contribution >= 4 is 27.7 Å². The fourth-order valence-electron chi connectivity index (χ4n) is 3.58. The highest BCUT2D eigenvalue weighted by molar-refractivity contribution is 7.90.